The lowest BCUT2D eigenvalue weighted by Gasteiger charge is -2.22. The van der Waals surface area contributed by atoms with E-state index in [0.717, 1.165) is 0 Å². The van der Waals surface area contributed by atoms with Crippen molar-refractivity contribution in [3.63, 3.8) is 0 Å². The van der Waals surface area contributed by atoms with Crippen LogP contribution in [0, 0.1) is 5.82 Å². The van der Waals surface area contributed by atoms with Gasteiger partial charge in [0.25, 0.3) is 5.56 Å². The Bertz CT molecular complexity index is 1130. The normalized spacial score (nSPS) is 11.4. The second-order valence-electron chi connectivity index (χ2n) is 6.81. The molecule has 0 spiro atoms. The van der Waals surface area contributed by atoms with Gasteiger partial charge in [-0.3, -0.25) is 9.59 Å². The second kappa shape index (κ2) is 9.11. The van der Waals surface area contributed by atoms with E-state index in [9.17, 15) is 27.2 Å². The molecule has 31 heavy (non-hydrogen) atoms. The van der Waals surface area contributed by atoms with E-state index < -0.39 is 35.6 Å². The molecule has 0 fully saturated rings. The molecular formula is C22H19F4N3O2. The highest BCUT2D eigenvalue weighted by molar-refractivity contribution is 5.76. The number of likely N-dealkylation sites (N-methyl/N-ethyl adjacent to an activating group) is 1. The average Bonchev–Trinajstić information content (AvgIpc) is 2.73. The Labute approximate surface area is 175 Å². The van der Waals surface area contributed by atoms with Gasteiger partial charge in [-0.05, 0) is 30.7 Å². The number of benzene rings is 2. The van der Waals surface area contributed by atoms with Gasteiger partial charge in [0.15, 0.2) is 0 Å². The molecule has 1 heterocycles. The summed E-state index contributed by atoms with van der Waals surface area (Å²) in [4.78, 5) is 26.5. The van der Waals surface area contributed by atoms with Crippen LogP contribution < -0.4 is 5.56 Å². The van der Waals surface area contributed by atoms with Crippen LogP contribution in [0.3, 0.4) is 0 Å². The Morgan fingerprint density at radius 1 is 1.06 bits per heavy atom. The second-order valence-corrected chi connectivity index (χ2v) is 6.81. The lowest BCUT2D eigenvalue weighted by Crippen LogP contribution is -2.39. The maximum Gasteiger partial charge on any atom is 0.421 e. The van der Waals surface area contributed by atoms with Gasteiger partial charge >= 0.3 is 6.18 Å². The van der Waals surface area contributed by atoms with Crippen LogP contribution in [0.4, 0.5) is 17.6 Å². The average molecular weight is 433 g/mol. The van der Waals surface area contributed by atoms with Crippen LogP contribution in [-0.2, 0) is 24.1 Å². The first kappa shape index (κ1) is 22.2. The first-order valence-corrected chi connectivity index (χ1v) is 9.46. The molecule has 0 atom stereocenters. The van der Waals surface area contributed by atoms with Crippen molar-refractivity contribution in [1.29, 1.82) is 0 Å². The van der Waals surface area contributed by atoms with Crippen molar-refractivity contribution in [2.24, 2.45) is 0 Å². The van der Waals surface area contributed by atoms with Crippen LogP contribution in [0.15, 0.2) is 65.5 Å². The highest BCUT2D eigenvalue weighted by Crippen LogP contribution is 2.28. The minimum absolute atomic E-state index is 0.0480. The number of halogens is 4. The van der Waals surface area contributed by atoms with Crippen molar-refractivity contribution in [3.05, 3.63) is 88.0 Å². The molecule has 0 aliphatic heterocycles. The molecule has 0 radical (unpaired) electrons. The smallest absolute Gasteiger partial charge is 0.337 e. The van der Waals surface area contributed by atoms with Gasteiger partial charge in [-0.2, -0.15) is 18.3 Å². The largest absolute Gasteiger partial charge is 0.421 e. The third-order valence-electron chi connectivity index (χ3n) is 4.63. The molecule has 162 valence electrons. The molecule has 0 saturated heterocycles. The molecule has 2 aromatic carbocycles. The van der Waals surface area contributed by atoms with Crippen molar-refractivity contribution in [2.75, 3.05) is 6.54 Å². The molecule has 5 nitrogen and oxygen atoms in total. The molecule has 1 amide bonds. The van der Waals surface area contributed by atoms with Crippen molar-refractivity contribution < 1.29 is 22.4 Å². The van der Waals surface area contributed by atoms with E-state index in [1.807, 2.05) is 0 Å². The molecule has 1 aromatic heterocycles. The van der Waals surface area contributed by atoms with Gasteiger partial charge in [-0.15, -0.1) is 0 Å². The minimum atomic E-state index is -4.90. The van der Waals surface area contributed by atoms with Crippen LogP contribution in [0.25, 0.3) is 11.3 Å². The van der Waals surface area contributed by atoms with E-state index in [4.69, 9.17) is 0 Å². The number of hydrogen-bond acceptors (Lipinski definition) is 3. The zero-order valence-corrected chi connectivity index (χ0v) is 16.6. The van der Waals surface area contributed by atoms with Gasteiger partial charge in [-0.1, -0.05) is 42.5 Å². The summed E-state index contributed by atoms with van der Waals surface area (Å²) in [5, 5.41) is 3.99. The van der Waals surface area contributed by atoms with Crippen molar-refractivity contribution in [3.8, 4) is 11.3 Å². The Morgan fingerprint density at radius 3 is 2.39 bits per heavy atom. The third-order valence-corrected chi connectivity index (χ3v) is 4.63. The van der Waals surface area contributed by atoms with Crippen molar-refractivity contribution in [1.82, 2.24) is 14.7 Å². The molecule has 0 aliphatic rings. The Morgan fingerprint density at radius 2 is 1.77 bits per heavy atom. The standard InChI is InChI=1S/C22H19F4N3O2/c1-2-28(13-15-7-6-10-17(23)11-15)20(30)14-29-21(31)18(22(24,25)26)12-19(27-29)16-8-4-3-5-9-16/h3-12H,2,13-14H2,1H3. The molecule has 0 saturated carbocycles. The summed E-state index contributed by atoms with van der Waals surface area (Å²) in [5.41, 5.74) is -1.98. The lowest BCUT2D eigenvalue weighted by atomic mass is 10.1. The van der Waals surface area contributed by atoms with Crippen LogP contribution >= 0.6 is 0 Å². The van der Waals surface area contributed by atoms with E-state index in [1.165, 1.54) is 23.1 Å². The maximum absolute atomic E-state index is 13.4. The third kappa shape index (κ3) is 5.36. The summed E-state index contributed by atoms with van der Waals surface area (Å²) in [6, 6.07) is 14.4. The number of hydrogen-bond donors (Lipinski definition) is 0. The lowest BCUT2D eigenvalue weighted by molar-refractivity contribution is -0.140. The first-order chi connectivity index (χ1) is 14.7. The summed E-state index contributed by atoms with van der Waals surface area (Å²) in [5.74, 6) is -1.08. The SMILES string of the molecule is CCN(Cc1cccc(F)c1)C(=O)Cn1nc(-c2ccccc2)cc(C(F)(F)F)c1=O. The van der Waals surface area contributed by atoms with Gasteiger partial charge < -0.3 is 4.90 Å². The van der Waals surface area contributed by atoms with Crippen molar-refractivity contribution in [2.45, 2.75) is 26.2 Å². The van der Waals surface area contributed by atoms with Crippen molar-refractivity contribution >= 4 is 5.91 Å². The number of nitrogens with zero attached hydrogens (tertiary/aromatic N) is 3. The highest BCUT2D eigenvalue weighted by atomic mass is 19.4. The van der Waals surface area contributed by atoms with E-state index in [1.54, 1.807) is 43.3 Å². The quantitative estimate of drug-likeness (QED) is 0.550. The monoisotopic (exact) mass is 433 g/mol. The molecule has 3 aromatic rings. The van der Waals surface area contributed by atoms with Crippen LogP contribution in [0.1, 0.15) is 18.1 Å². The van der Waals surface area contributed by atoms with E-state index in [0.29, 0.717) is 21.9 Å². The number of alkyl halides is 3. The van der Waals surface area contributed by atoms with E-state index in [-0.39, 0.29) is 18.8 Å². The molecule has 0 N–H and O–H groups in total. The Balaban J connectivity index is 1.95. The van der Waals surface area contributed by atoms with E-state index in [2.05, 4.69) is 5.10 Å². The predicted molar refractivity (Wildman–Crippen MR) is 106 cm³/mol. The molecular weight excluding hydrogens is 414 g/mol. The summed E-state index contributed by atoms with van der Waals surface area (Å²) < 4.78 is 54.3. The number of rotatable bonds is 6. The summed E-state index contributed by atoms with van der Waals surface area (Å²) >= 11 is 0. The number of amides is 1. The number of carbonyl (C=O) groups is 1. The molecule has 0 aliphatic carbocycles. The van der Waals surface area contributed by atoms with Crippen LogP contribution in [-0.4, -0.2) is 27.1 Å². The van der Waals surface area contributed by atoms with Gasteiger partial charge in [0.1, 0.15) is 17.9 Å². The Kier molecular flexibility index (Phi) is 6.53. The zero-order valence-electron chi connectivity index (χ0n) is 16.6. The predicted octanol–water partition coefficient (Wildman–Crippen LogP) is 4.12. The molecule has 0 unspecified atom stereocenters. The molecule has 3 rings (SSSR count). The Hall–Kier alpha value is -3.49. The number of aromatic nitrogens is 2. The molecule has 9 heteroatoms. The highest BCUT2D eigenvalue weighted by Gasteiger charge is 2.36. The van der Waals surface area contributed by atoms with Crippen LogP contribution in [0.2, 0.25) is 0 Å². The van der Waals surface area contributed by atoms with Gasteiger partial charge in [-0.25, -0.2) is 9.07 Å². The summed E-state index contributed by atoms with van der Waals surface area (Å²) in [6.45, 7) is 1.27. The zero-order chi connectivity index (χ0) is 22.6. The number of carbonyl (C=O) groups excluding carboxylic acids is 1. The topological polar surface area (TPSA) is 55.2 Å². The van der Waals surface area contributed by atoms with Crippen LogP contribution in [0.5, 0.6) is 0 Å². The fraction of sp³-hybridized carbons (Fsp3) is 0.227. The fourth-order valence-electron chi connectivity index (χ4n) is 3.06. The first-order valence-electron chi connectivity index (χ1n) is 9.46. The summed E-state index contributed by atoms with van der Waals surface area (Å²) in [7, 11) is 0. The maximum atomic E-state index is 13.4. The molecule has 0 bridgehead atoms. The van der Waals surface area contributed by atoms with Gasteiger partial charge in [0.05, 0.1) is 5.69 Å². The fourth-order valence-corrected chi connectivity index (χ4v) is 3.06. The van der Waals surface area contributed by atoms with Gasteiger partial charge in [0, 0.05) is 18.7 Å². The summed E-state index contributed by atoms with van der Waals surface area (Å²) in [6.07, 6.45) is -4.90. The minimum Gasteiger partial charge on any atom is -0.337 e. The van der Waals surface area contributed by atoms with E-state index >= 15 is 0 Å². The van der Waals surface area contributed by atoms with Gasteiger partial charge in [0.2, 0.25) is 5.91 Å².